The zero-order chi connectivity index (χ0) is 33.3. The molecule has 0 aliphatic heterocycles. The van der Waals surface area contributed by atoms with Gasteiger partial charge >= 0.3 is 0 Å². The smallest absolute Gasteiger partial charge is 0.264 e. The zero-order valence-corrected chi connectivity index (χ0v) is 28.8. The van der Waals surface area contributed by atoms with Crippen LogP contribution in [0.3, 0.4) is 0 Å². The van der Waals surface area contributed by atoms with E-state index in [1.54, 1.807) is 36.4 Å². The van der Waals surface area contributed by atoms with Gasteiger partial charge < -0.3 is 10.2 Å². The van der Waals surface area contributed by atoms with Gasteiger partial charge in [-0.1, -0.05) is 114 Å². The van der Waals surface area contributed by atoms with Crippen molar-refractivity contribution < 1.29 is 18.0 Å². The molecule has 12 heteroatoms. The van der Waals surface area contributed by atoms with Gasteiger partial charge in [-0.2, -0.15) is 0 Å². The van der Waals surface area contributed by atoms with Gasteiger partial charge in [0.2, 0.25) is 11.8 Å². The van der Waals surface area contributed by atoms with Crippen LogP contribution in [0.4, 0.5) is 5.69 Å². The molecule has 0 unspecified atom stereocenters. The predicted octanol–water partition coefficient (Wildman–Crippen LogP) is 8.05. The molecule has 242 valence electrons. The second-order valence-electron chi connectivity index (χ2n) is 10.6. The van der Waals surface area contributed by atoms with Crippen molar-refractivity contribution in [2.75, 3.05) is 17.4 Å². The summed E-state index contributed by atoms with van der Waals surface area (Å²) in [5.41, 5.74) is 1.43. The van der Waals surface area contributed by atoms with Crippen molar-refractivity contribution in [3.05, 3.63) is 128 Å². The maximum Gasteiger partial charge on any atom is 0.264 e. The molecule has 7 nitrogen and oxygen atoms in total. The van der Waals surface area contributed by atoms with Crippen LogP contribution in [0.1, 0.15) is 30.9 Å². The topological polar surface area (TPSA) is 86.8 Å². The van der Waals surface area contributed by atoms with Gasteiger partial charge in [-0.15, -0.1) is 0 Å². The van der Waals surface area contributed by atoms with Crippen LogP contribution in [0.5, 0.6) is 0 Å². The standard InChI is InChI=1S/C34H33Cl4N3O4S/c1-2-3-16-39-34(43)32(17-24-10-6-4-7-11-24)40(22-25-14-15-26(35)21-31(25)38)33(42)23-41(29-19-27(36)18-28(37)20-29)46(44,45)30-12-8-5-9-13-30/h4-15,18-21,32H,2-3,16-17,22-23H2,1H3,(H,39,43)/t32-/m1/s1. The van der Waals surface area contributed by atoms with Crippen molar-refractivity contribution in [1.29, 1.82) is 0 Å². The number of rotatable bonds is 14. The average Bonchev–Trinajstić information content (AvgIpc) is 3.02. The first-order valence-electron chi connectivity index (χ1n) is 14.6. The summed E-state index contributed by atoms with van der Waals surface area (Å²) in [7, 11) is -4.30. The van der Waals surface area contributed by atoms with Gasteiger partial charge in [-0.3, -0.25) is 13.9 Å². The molecular formula is C34H33Cl4N3O4S. The lowest BCUT2D eigenvalue weighted by atomic mass is 10.0. The van der Waals surface area contributed by atoms with Gasteiger partial charge in [0.1, 0.15) is 12.6 Å². The van der Waals surface area contributed by atoms with Crippen LogP contribution >= 0.6 is 46.4 Å². The van der Waals surface area contributed by atoms with Crippen molar-refractivity contribution in [1.82, 2.24) is 10.2 Å². The largest absolute Gasteiger partial charge is 0.354 e. The highest BCUT2D eigenvalue weighted by Crippen LogP contribution is 2.31. The van der Waals surface area contributed by atoms with Crippen LogP contribution in [-0.4, -0.2) is 44.3 Å². The van der Waals surface area contributed by atoms with E-state index in [9.17, 15) is 18.0 Å². The van der Waals surface area contributed by atoms with E-state index in [2.05, 4.69) is 5.32 Å². The number of benzene rings is 4. The molecule has 0 bridgehead atoms. The minimum atomic E-state index is -4.30. The summed E-state index contributed by atoms with van der Waals surface area (Å²) in [6.07, 6.45) is 1.78. The third kappa shape index (κ3) is 9.39. The lowest BCUT2D eigenvalue weighted by Crippen LogP contribution is -2.53. The number of sulfonamides is 1. The van der Waals surface area contributed by atoms with Crippen molar-refractivity contribution in [3.63, 3.8) is 0 Å². The zero-order valence-electron chi connectivity index (χ0n) is 25.0. The molecule has 0 aliphatic carbocycles. The summed E-state index contributed by atoms with van der Waals surface area (Å²) in [4.78, 5) is 29.7. The third-order valence-electron chi connectivity index (χ3n) is 7.20. The number of carbonyl (C=O) groups excluding carboxylic acids is 2. The van der Waals surface area contributed by atoms with Gasteiger partial charge in [0, 0.05) is 39.6 Å². The van der Waals surface area contributed by atoms with Crippen LogP contribution in [-0.2, 0) is 32.6 Å². The molecule has 4 rings (SSSR count). The lowest BCUT2D eigenvalue weighted by Gasteiger charge is -2.34. The van der Waals surface area contributed by atoms with E-state index >= 15 is 0 Å². The Hall–Kier alpha value is -3.27. The Morgan fingerprint density at radius 2 is 1.43 bits per heavy atom. The molecule has 0 saturated carbocycles. The summed E-state index contributed by atoms with van der Waals surface area (Å²) >= 11 is 25.3. The molecule has 0 fully saturated rings. The predicted molar refractivity (Wildman–Crippen MR) is 186 cm³/mol. The van der Waals surface area contributed by atoms with Crippen molar-refractivity contribution in [2.24, 2.45) is 0 Å². The van der Waals surface area contributed by atoms with Crippen LogP contribution in [0.2, 0.25) is 20.1 Å². The summed E-state index contributed by atoms with van der Waals surface area (Å²) in [5.74, 6) is -1.02. The number of hydrogen-bond donors (Lipinski definition) is 1. The summed E-state index contributed by atoms with van der Waals surface area (Å²) in [6, 6.07) is 25.2. The summed E-state index contributed by atoms with van der Waals surface area (Å²) in [5, 5.41) is 4.02. The molecule has 1 atom stereocenters. The van der Waals surface area contributed by atoms with E-state index in [-0.39, 0.29) is 39.5 Å². The van der Waals surface area contributed by atoms with Gasteiger partial charge in [0.25, 0.3) is 10.0 Å². The Balaban J connectivity index is 1.82. The Kier molecular flexibility index (Phi) is 12.8. The first-order chi connectivity index (χ1) is 22.0. The molecule has 4 aromatic carbocycles. The number of carbonyl (C=O) groups is 2. The number of hydrogen-bond acceptors (Lipinski definition) is 4. The van der Waals surface area contributed by atoms with Crippen LogP contribution in [0.15, 0.2) is 102 Å². The maximum atomic E-state index is 14.5. The molecule has 0 spiro atoms. The van der Waals surface area contributed by atoms with Crippen LogP contribution in [0.25, 0.3) is 0 Å². The lowest BCUT2D eigenvalue weighted by molar-refractivity contribution is -0.140. The van der Waals surface area contributed by atoms with E-state index < -0.39 is 28.5 Å². The molecule has 46 heavy (non-hydrogen) atoms. The fourth-order valence-electron chi connectivity index (χ4n) is 4.83. The van der Waals surface area contributed by atoms with Gasteiger partial charge in [0.15, 0.2) is 0 Å². The minimum absolute atomic E-state index is 0.0377. The number of halogens is 4. The Labute approximate surface area is 290 Å². The Morgan fingerprint density at radius 1 is 0.804 bits per heavy atom. The fraction of sp³-hybridized carbons (Fsp3) is 0.235. The normalized spacial score (nSPS) is 11.9. The highest BCUT2D eigenvalue weighted by Gasteiger charge is 2.35. The van der Waals surface area contributed by atoms with Crippen LogP contribution in [0, 0.1) is 0 Å². The third-order valence-corrected chi connectivity index (χ3v) is 10.0. The minimum Gasteiger partial charge on any atom is -0.354 e. The van der Waals surface area contributed by atoms with Crippen molar-refractivity contribution >= 4 is 73.9 Å². The highest BCUT2D eigenvalue weighted by molar-refractivity contribution is 7.92. The Morgan fingerprint density at radius 3 is 2.04 bits per heavy atom. The number of nitrogens with one attached hydrogen (secondary N) is 1. The SMILES string of the molecule is CCCCNC(=O)[C@@H](Cc1ccccc1)N(Cc1ccc(Cl)cc1Cl)C(=O)CN(c1cc(Cl)cc(Cl)c1)S(=O)(=O)c1ccccc1. The van der Waals surface area contributed by atoms with Gasteiger partial charge in [-0.25, -0.2) is 8.42 Å². The fourth-order valence-corrected chi connectivity index (χ4v) is 7.23. The first kappa shape index (κ1) is 35.6. The molecule has 0 heterocycles. The van der Waals surface area contributed by atoms with E-state index in [0.717, 1.165) is 22.7 Å². The van der Waals surface area contributed by atoms with Gasteiger partial charge in [0.05, 0.1) is 10.6 Å². The molecule has 2 amide bonds. The summed E-state index contributed by atoms with van der Waals surface area (Å²) in [6.45, 7) is 1.67. The maximum absolute atomic E-state index is 14.5. The monoisotopic (exact) mass is 719 g/mol. The molecule has 0 saturated heterocycles. The highest BCUT2D eigenvalue weighted by atomic mass is 35.5. The number of nitrogens with zero attached hydrogens (tertiary/aromatic N) is 2. The molecule has 0 radical (unpaired) electrons. The molecule has 0 aromatic heterocycles. The Bertz CT molecular complexity index is 1740. The van der Waals surface area contributed by atoms with E-state index in [1.807, 2.05) is 37.3 Å². The first-order valence-corrected chi connectivity index (χ1v) is 17.5. The second kappa shape index (κ2) is 16.5. The molecule has 4 aromatic rings. The van der Waals surface area contributed by atoms with E-state index in [4.69, 9.17) is 46.4 Å². The molecule has 1 N–H and O–H groups in total. The molecule has 0 aliphatic rings. The average molecular weight is 722 g/mol. The van der Waals surface area contributed by atoms with Crippen molar-refractivity contribution in [2.45, 2.75) is 43.7 Å². The van der Waals surface area contributed by atoms with Gasteiger partial charge in [-0.05, 0) is 60.0 Å². The number of anilines is 1. The van der Waals surface area contributed by atoms with E-state index in [1.165, 1.54) is 35.2 Å². The number of amides is 2. The quantitative estimate of drug-likeness (QED) is 0.134. The second-order valence-corrected chi connectivity index (χ2v) is 14.1. The van der Waals surface area contributed by atoms with Crippen LogP contribution < -0.4 is 9.62 Å². The molecular weight excluding hydrogens is 688 g/mol. The van der Waals surface area contributed by atoms with E-state index in [0.29, 0.717) is 22.2 Å². The number of unbranched alkanes of at least 4 members (excludes halogenated alkanes) is 1. The summed E-state index contributed by atoms with van der Waals surface area (Å²) < 4.78 is 29.1. The van der Waals surface area contributed by atoms with Crippen molar-refractivity contribution in [3.8, 4) is 0 Å².